The molecule has 0 amide bonds. The van der Waals surface area contributed by atoms with Crippen LogP contribution >= 0.6 is 15.8 Å². The normalized spacial score (nSPS) is 12.8. The molecule has 0 aliphatic carbocycles. The molecule has 2 heterocycles. The van der Waals surface area contributed by atoms with Gasteiger partial charge in [-0.05, 0) is 91.5 Å². The summed E-state index contributed by atoms with van der Waals surface area (Å²) >= 11 is 0. The quantitative estimate of drug-likeness (QED) is 0.0675. The van der Waals surface area contributed by atoms with Crippen LogP contribution in [0.4, 0.5) is 0 Å². The van der Waals surface area contributed by atoms with Crippen LogP contribution in [0.25, 0.3) is 22.3 Å². The van der Waals surface area contributed by atoms with E-state index in [1.165, 1.54) is 70.1 Å². The smallest absolute Gasteiger partial charge is 0.366 e. The monoisotopic (exact) mass is 1250 g/mol. The summed E-state index contributed by atoms with van der Waals surface area (Å²) in [5, 5.41) is 12.0. The fraction of sp³-hybridized carbons (Fsp3) is 0.0877. The predicted molar refractivity (Wildman–Crippen MR) is 276 cm³/mol. The molecule has 8 aromatic rings. The van der Waals surface area contributed by atoms with Crippen molar-refractivity contribution in [2.24, 2.45) is 0 Å². The molecule has 8 aromatic carbocycles. The fourth-order valence-corrected chi connectivity index (χ4v) is 22.9. The summed E-state index contributed by atoms with van der Waals surface area (Å²) in [5.41, 5.74) is 7.08. The largest absolute Gasteiger partial charge is 1.00 e. The zero-order valence-corrected chi connectivity index (χ0v) is 44.3. The molecule has 0 nitrogen and oxygen atoms in total. The predicted octanol–water partition coefficient (Wildman–Crippen LogP) is 9.52. The van der Waals surface area contributed by atoms with Gasteiger partial charge >= 0.3 is 44.8 Å². The second kappa shape index (κ2) is 21.6. The van der Waals surface area contributed by atoms with Gasteiger partial charge in [0.2, 0.25) is 0 Å². The Morgan fingerprint density at radius 2 is 0.619 bits per heavy atom. The Balaban J connectivity index is 0.000000161. The topological polar surface area (TPSA) is 0 Å². The number of hydrogen-bond donors (Lipinski definition) is 0. The molecule has 10 rings (SSSR count). The molecule has 6 heteroatoms. The van der Waals surface area contributed by atoms with Crippen LogP contribution in [-0.4, -0.2) is 22.1 Å². The van der Waals surface area contributed by atoms with Crippen molar-refractivity contribution < 1.29 is 44.8 Å². The maximum atomic E-state index is 7.25. The van der Waals surface area contributed by atoms with E-state index in [-0.39, 0.29) is 44.8 Å². The van der Waals surface area contributed by atoms with Crippen LogP contribution in [-0.2, 0) is 44.8 Å². The Bertz CT molecular complexity index is 2590. The Morgan fingerprint density at radius 1 is 0.349 bits per heavy atom. The summed E-state index contributed by atoms with van der Waals surface area (Å²) in [5.74, 6) is 6.21. The van der Waals surface area contributed by atoms with Crippen molar-refractivity contribution in [1.29, 1.82) is 0 Å². The first-order valence-electron chi connectivity index (χ1n) is 21.0. The number of rotatable bonds is 6. The first-order chi connectivity index (χ1) is 29.7. The molecule has 0 radical (unpaired) electrons. The summed E-state index contributed by atoms with van der Waals surface area (Å²) < 4.78 is 0. The van der Waals surface area contributed by atoms with E-state index in [1.54, 1.807) is 0 Å². The van der Waals surface area contributed by atoms with Crippen molar-refractivity contribution in [2.75, 3.05) is 5.90 Å². The zero-order chi connectivity index (χ0) is 42.4. The Morgan fingerprint density at radius 3 is 0.921 bits per heavy atom. The summed E-state index contributed by atoms with van der Waals surface area (Å²) in [7, 11) is -4.71. The van der Waals surface area contributed by atoms with Gasteiger partial charge in [0, 0.05) is 0 Å². The molecule has 0 atom stereocenters. The maximum Gasteiger partial charge on any atom is 1.00 e. The molecular weight excluding hydrogens is 1200 g/mol. The molecule has 0 fully saturated rings. The van der Waals surface area contributed by atoms with Crippen molar-refractivity contribution in [3.63, 3.8) is 0 Å². The second-order valence-electron chi connectivity index (χ2n) is 16.7. The number of benzene rings is 8. The molecule has 0 N–H and O–H groups in total. The minimum absolute atomic E-state index is 0. The molecule has 316 valence electrons. The van der Waals surface area contributed by atoms with Gasteiger partial charge in [0.05, 0.1) is 0 Å². The van der Waals surface area contributed by atoms with Gasteiger partial charge in [-0.25, -0.2) is 0 Å². The third kappa shape index (κ3) is 10.3. The zero-order valence-electron chi connectivity index (χ0n) is 35.9. The first kappa shape index (κ1) is 48.1. The summed E-state index contributed by atoms with van der Waals surface area (Å²) in [6.07, 6.45) is 14.5. The van der Waals surface area contributed by atoms with Gasteiger partial charge in [0.1, 0.15) is 53.2 Å². The van der Waals surface area contributed by atoms with Crippen molar-refractivity contribution in [1.82, 2.24) is 0 Å². The Labute approximate surface area is 411 Å². The first-order valence-corrected chi connectivity index (χ1v) is 30.4. The Kier molecular flexibility index (Phi) is 16.5. The van der Waals surface area contributed by atoms with Crippen molar-refractivity contribution in [3.8, 4) is 34.1 Å². The number of hydrogen-bond acceptors (Lipinski definition) is 0. The van der Waals surface area contributed by atoms with Crippen LogP contribution in [0.3, 0.4) is 0 Å². The van der Waals surface area contributed by atoms with Crippen molar-refractivity contribution in [3.05, 3.63) is 230 Å². The molecule has 0 bridgehead atoms. The molecule has 0 spiro atoms. The average molecular weight is 1250 g/mol. The van der Waals surface area contributed by atoms with E-state index >= 15 is 0 Å². The minimum atomic E-state index is -1.51. The van der Waals surface area contributed by atoms with Crippen LogP contribution in [0.1, 0.15) is 11.1 Å². The van der Waals surface area contributed by atoms with Gasteiger partial charge in [0.25, 0.3) is 0 Å². The molecule has 0 aromatic heterocycles. The molecule has 0 saturated carbocycles. The van der Waals surface area contributed by atoms with Gasteiger partial charge in [-0.15, -0.1) is 35.4 Å². The van der Waals surface area contributed by atoms with Crippen LogP contribution in [0.2, 0.25) is 26.2 Å². The van der Waals surface area contributed by atoms with E-state index in [0.717, 1.165) is 11.1 Å². The van der Waals surface area contributed by atoms with Gasteiger partial charge in [-0.1, -0.05) is 160 Å². The maximum absolute atomic E-state index is 7.25. The molecule has 0 unspecified atom stereocenters. The van der Waals surface area contributed by atoms with Crippen LogP contribution in [0.5, 0.6) is 0 Å². The SMILES string of the molecule is [Au+].[Au+].[C-]#Cc1ccc2c(c1)-c1ccccc1[Si]2(C)C.[C-]#Cc1ccc2c(c1)-c1ccccc1[Si]2(C)C.c1ccc([PH+](C[PH+](c2ccccc2)c2ccccc2)c2ccccc2)cc1. The van der Waals surface area contributed by atoms with E-state index < -0.39 is 32.0 Å². The minimum Gasteiger partial charge on any atom is -0.366 e. The van der Waals surface area contributed by atoms with Gasteiger partial charge in [-0.2, -0.15) is 0 Å². The van der Waals surface area contributed by atoms with E-state index in [4.69, 9.17) is 12.8 Å². The van der Waals surface area contributed by atoms with Crippen LogP contribution in [0, 0.1) is 24.7 Å². The van der Waals surface area contributed by atoms with Crippen LogP contribution < -0.4 is 42.0 Å². The summed E-state index contributed by atoms with van der Waals surface area (Å²) in [6.45, 7) is 9.58. The van der Waals surface area contributed by atoms with Crippen molar-refractivity contribution in [2.45, 2.75) is 26.2 Å². The van der Waals surface area contributed by atoms with Crippen LogP contribution in [0.15, 0.2) is 206 Å². The molecule has 0 saturated heterocycles. The standard InChI is InChI=1S/C25H22P2.2C16H13Si.2Au/c1-5-13-22(14-6-1)26(23-15-7-2-8-16-23)21-27(24-17-9-3-10-18-24)25-19-11-4-12-20-25;2*1-4-12-9-10-16-14(11-12)13-7-5-6-8-15(13)17(16,2)3;;/h1-20H,21H2;2*5-11H,2-3H3;;/q;2*-1;2*+1/p+2. The second-order valence-corrected chi connectivity index (χ2v) is 31.0. The third-order valence-electron chi connectivity index (χ3n) is 12.3. The van der Waals surface area contributed by atoms with Gasteiger partial charge < -0.3 is 12.8 Å². The van der Waals surface area contributed by atoms with Crippen molar-refractivity contribution >= 4 is 74.0 Å². The number of fused-ring (bicyclic) bond motifs is 6. The third-order valence-corrected chi connectivity index (χ3v) is 26.4. The van der Waals surface area contributed by atoms with E-state index in [2.05, 4.69) is 232 Å². The van der Waals surface area contributed by atoms with Gasteiger partial charge in [-0.3, -0.25) is 11.8 Å². The Hall–Kier alpha value is -4.35. The molecule has 2 aliphatic rings. The molecule has 63 heavy (non-hydrogen) atoms. The molecular formula is C57H50Au2P2Si2+2. The summed E-state index contributed by atoms with van der Waals surface area (Å²) in [4.78, 5) is 0. The van der Waals surface area contributed by atoms with Gasteiger partial charge in [0.15, 0.2) is 5.90 Å². The van der Waals surface area contributed by atoms with E-state index in [1.807, 2.05) is 12.1 Å². The summed E-state index contributed by atoms with van der Waals surface area (Å²) in [6, 6.07) is 74.4. The average Bonchev–Trinajstić information content (AvgIpc) is 3.69. The fourth-order valence-electron chi connectivity index (χ4n) is 9.07. The van der Waals surface area contributed by atoms with E-state index in [9.17, 15) is 0 Å². The van der Waals surface area contributed by atoms with E-state index in [0.29, 0.717) is 0 Å². The molecule has 2 aliphatic heterocycles.